The number of fused-ring (bicyclic) bond motifs is 1. The molecule has 0 bridgehead atoms. The van der Waals surface area contributed by atoms with Crippen molar-refractivity contribution in [2.24, 2.45) is 0 Å². The number of carboxylic acids is 1. The average molecular weight is 395 g/mol. The molecule has 1 aliphatic rings. The number of carbonyl (C=O) groups is 2. The summed E-state index contributed by atoms with van der Waals surface area (Å²) in [5.41, 5.74) is 2.74. The van der Waals surface area contributed by atoms with Gasteiger partial charge in [-0.3, -0.25) is 19.5 Å². The standard InChI is InChI=1S/C20H17N3O4S/c1-2-16-20(26)23(10-18(24)25)15-9-12(6-7-17(15)27-16)14-11-28-19(22-14)13-5-3-4-8-21-13/h3-9,11,16H,2,10H2,1H3,(H,24,25). The van der Waals surface area contributed by atoms with Gasteiger partial charge in [-0.2, -0.15) is 0 Å². The SMILES string of the molecule is CCC1Oc2ccc(-c3csc(-c4ccccn4)n3)cc2N(CC(=O)O)C1=O. The molecular weight excluding hydrogens is 378 g/mol. The van der Waals surface area contributed by atoms with Gasteiger partial charge in [0.15, 0.2) is 6.10 Å². The maximum atomic E-state index is 12.6. The summed E-state index contributed by atoms with van der Waals surface area (Å²) in [6.45, 7) is 1.42. The van der Waals surface area contributed by atoms with Crippen molar-refractivity contribution in [3.8, 4) is 27.7 Å². The Bertz CT molecular complexity index is 1030. The number of hydrogen-bond donors (Lipinski definition) is 1. The Morgan fingerprint density at radius 1 is 1.29 bits per heavy atom. The van der Waals surface area contributed by atoms with Crippen molar-refractivity contribution < 1.29 is 19.4 Å². The number of amides is 1. The number of rotatable bonds is 5. The van der Waals surface area contributed by atoms with Crippen LogP contribution in [0.2, 0.25) is 0 Å². The summed E-state index contributed by atoms with van der Waals surface area (Å²) in [4.78, 5) is 34.1. The number of hydrogen-bond acceptors (Lipinski definition) is 6. The predicted octanol–water partition coefficient (Wildman–Crippen LogP) is 3.46. The van der Waals surface area contributed by atoms with Crippen LogP contribution in [-0.4, -0.2) is 39.6 Å². The van der Waals surface area contributed by atoms with Gasteiger partial charge in [0.25, 0.3) is 5.91 Å². The minimum absolute atomic E-state index is 0.345. The zero-order valence-electron chi connectivity index (χ0n) is 15.0. The maximum Gasteiger partial charge on any atom is 0.323 e. The molecule has 28 heavy (non-hydrogen) atoms. The van der Waals surface area contributed by atoms with E-state index in [0.29, 0.717) is 17.9 Å². The number of anilines is 1. The smallest absolute Gasteiger partial charge is 0.323 e. The summed E-state index contributed by atoms with van der Waals surface area (Å²) in [5, 5.41) is 11.9. The van der Waals surface area contributed by atoms with Gasteiger partial charge in [-0.1, -0.05) is 13.0 Å². The molecule has 1 aliphatic heterocycles. The van der Waals surface area contributed by atoms with Gasteiger partial charge < -0.3 is 9.84 Å². The first-order chi connectivity index (χ1) is 13.6. The molecule has 1 atom stereocenters. The maximum absolute atomic E-state index is 12.6. The van der Waals surface area contributed by atoms with Crippen LogP contribution < -0.4 is 9.64 Å². The first-order valence-corrected chi connectivity index (χ1v) is 9.66. The van der Waals surface area contributed by atoms with Gasteiger partial charge >= 0.3 is 5.97 Å². The number of nitrogens with zero attached hydrogens (tertiary/aromatic N) is 3. The fourth-order valence-electron chi connectivity index (χ4n) is 3.05. The molecule has 3 heterocycles. The van der Waals surface area contributed by atoms with Gasteiger partial charge in [0, 0.05) is 17.1 Å². The number of carboxylic acid groups (broad SMARTS) is 1. The first-order valence-electron chi connectivity index (χ1n) is 8.78. The average Bonchev–Trinajstić information content (AvgIpc) is 3.20. The summed E-state index contributed by atoms with van der Waals surface area (Å²) in [6.07, 6.45) is 1.51. The van der Waals surface area contributed by atoms with Gasteiger partial charge in [-0.05, 0) is 36.8 Å². The number of aromatic nitrogens is 2. The Kier molecular flexibility index (Phi) is 4.79. The van der Waals surface area contributed by atoms with Gasteiger partial charge in [-0.15, -0.1) is 11.3 Å². The van der Waals surface area contributed by atoms with Crippen LogP contribution in [0.5, 0.6) is 5.75 Å². The summed E-state index contributed by atoms with van der Waals surface area (Å²) in [6, 6.07) is 11.0. The minimum Gasteiger partial charge on any atom is -0.480 e. The van der Waals surface area contributed by atoms with Gasteiger partial charge in [0.05, 0.1) is 17.1 Å². The fourth-order valence-corrected chi connectivity index (χ4v) is 3.86. The Balaban J connectivity index is 1.72. The van der Waals surface area contributed by atoms with E-state index in [2.05, 4.69) is 9.97 Å². The Morgan fingerprint density at radius 2 is 2.14 bits per heavy atom. The lowest BCUT2D eigenvalue weighted by Crippen LogP contribution is -2.47. The quantitative estimate of drug-likeness (QED) is 0.711. The number of pyridine rings is 1. The Hall–Kier alpha value is -3.26. The van der Waals surface area contributed by atoms with Crippen LogP contribution in [0.15, 0.2) is 48.0 Å². The highest BCUT2D eigenvalue weighted by molar-refractivity contribution is 7.13. The van der Waals surface area contributed by atoms with E-state index in [1.165, 1.54) is 16.2 Å². The molecule has 4 rings (SSSR count). The van der Waals surface area contributed by atoms with Crippen molar-refractivity contribution >= 4 is 28.9 Å². The molecule has 0 aliphatic carbocycles. The van der Waals surface area contributed by atoms with Crippen LogP contribution in [0.4, 0.5) is 5.69 Å². The lowest BCUT2D eigenvalue weighted by Gasteiger charge is -2.33. The highest BCUT2D eigenvalue weighted by Gasteiger charge is 2.34. The van der Waals surface area contributed by atoms with Crippen LogP contribution >= 0.6 is 11.3 Å². The second-order valence-corrected chi connectivity index (χ2v) is 7.13. The molecule has 1 N–H and O–H groups in total. The topological polar surface area (TPSA) is 92.6 Å². The molecule has 7 nitrogen and oxygen atoms in total. The predicted molar refractivity (Wildman–Crippen MR) is 105 cm³/mol. The zero-order chi connectivity index (χ0) is 19.7. The summed E-state index contributed by atoms with van der Waals surface area (Å²) >= 11 is 1.47. The molecule has 2 aromatic heterocycles. The van der Waals surface area contributed by atoms with E-state index in [-0.39, 0.29) is 5.91 Å². The Morgan fingerprint density at radius 3 is 2.86 bits per heavy atom. The highest BCUT2D eigenvalue weighted by atomic mass is 32.1. The van der Waals surface area contributed by atoms with Crippen LogP contribution in [0.25, 0.3) is 22.0 Å². The second kappa shape index (κ2) is 7.40. The van der Waals surface area contributed by atoms with E-state index in [9.17, 15) is 14.7 Å². The first kappa shape index (κ1) is 18.1. The molecule has 0 saturated carbocycles. The molecule has 1 unspecified atom stereocenters. The van der Waals surface area contributed by atoms with Gasteiger partial charge in [-0.25, -0.2) is 4.98 Å². The third-order valence-electron chi connectivity index (χ3n) is 4.41. The summed E-state index contributed by atoms with van der Waals surface area (Å²) < 4.78 is 5.76. The van der Waals surface area contributed by atoms with E-state index < -0.39 is 18.6 Å². The molecule has 8 heteroatoms. The summed E-state index contributed by atoms with van der Waals surface area (Å²) in [7, 11) is 0. The molecule has 3 aromatic rings. The fraction of sp³-hybridized carbons (Fsp3) is 0.200. The van der Waals surface area contributed by atoms with Crippen molar-refractivity contribution in [2.45, 2.75) is 19.4 Å². The number of carbonyl (C=O) groups excluding carboxylic acids is 1. The van der Waals surface area contributed by atoms with Crippen molar-refractivity contribution in [2.75, 3.05) is 11.4 Å². The molecule has 1 aromatic carbocycles. The van der Waals surface area contributed by atoms with Crippen molar-refractivity contribution in [3.05, 3.63) is 48.0 Å². The van der Waals surface area contributed by atoms with Crippen LogP contribution in [0.1, 0.15) is 13.3 Å². The highest BCUT2D eigenvalue weighted by Crippen LogP contribution is 2.38. The number of aliphatic carboxylic acids is 1. The molecule has 1 amide bonds. The van der Waals surface area contributed by atoms with Crippen LogP contribution in [-0.2, 0) is 9.59 Å². The Labute approximate surface area is 165 Å². The molecule has 142 valence electrons. The summed E-state index contributed by atoms with van der Waals surface area (Å²) in [5.74, 6) is -0.925. The van der Waals surface area contributed by atoms with E-state index in [0.717, 1.165) is 22.0 Å². The monoisotopic (exact) mass is 395 g/mol. The van der Waals surface area contributed by atoms with Crippen molar-refractivity contribution in [3.63, 3.8) is 0 Å². The number of ether oxygens (including phenoxy) is 1. The van der Waals surface area contributed by atoms with Crippen LogP contribution in [0.3, 0.4) is 0 Å². The zero-order valence-corrected chi connectivity index (χ0v) is 15.8. The molecule has 0 saturated heterocycles. The van der Waals surface area contributed by atoms with E-state index in [1.807, 2.05) is 36.6 Å². The number of thiazole rings is 1. The lowest BCUT2D eigenvalue weighted by molar-refractivity contribution is -0.137. The third kappa shape index (κ3) is 3.34. The van der Waals surface area contributed by atoms with Crippen LogP contribution in [0, 0.1) is 0 Å². The van der Waals surface area contributed by atoms with E-state index in [4.69, 9.17) is 4.74 Å². The third-order valence-corrected chi connectivity index (χ3v) is 5.27. The molecular formula is C20H17N3O4S. The molecule has 0 fully saturated rings. The van der Waals surface area contributed by atoms with Crippen molar-refractivity contribution in [1.82, 2.24) is 9.97 Å². The lowest BCUT2D eigenvalue weighted by atomic mass is 10.1. The number of benzene rings is 1. The normalized spacial score (nSPS) is 15.8. The molecule has 0 spiro atoms. The molecule has 0 radical (unpaired) electrons. The second-order valence-electron chi connectivity index (χ2n) is 6.27. The minimum atomic E-state index is -1.08. The van der Waals surface area contributed by atoms with E-state index >= 15 is 0 Å². The van der Waals surface area contributed by atoms with Gasteiger partial charge in [0.1, 0.15) is 17.3 Å². The van der Waals surface area contributed by atoms with Crippen molar-refractivity contribution in [1.29, 1.82) is 0 Å². The van der Waals surface area contributed by atoms with Gasteiger partial charge in [0.2, 0.25) is 0 Å². The van der Waals surface area contributed by atoms with E-state index in [1.54, 1.807) is 18.3 Å². The largest absolute Gasteiger partial charge is 0.480 e.